The van der Waals surface area contributed by atoms with Gasteiger partial charge in [0.15, 0.2) is 5.82 Å². The number of hydrogen-bond donors (Lipinski definition) is 2. The first kappa shape index (κ1) is 19.6. The molecule has 1 aromatic heterocycles. The van der Waals surface area contributed by atoms with Gasteiger partial charge in [-0.05, 0) is 43.9 Å². The zero-order valence-corrected chi connectivity index (χ0v) is 16.2. The number of fused-ring (bicyclic) bond motifs is 3. The van der Waals surface area contributed by atoms with E-state index in [2.05, 4.69) is 15.4 Å². The number of hydrogen-bond acceptors (Lipinski definition) is 5. The van der Waals surface area contributed by atoms with E-state index in [9.17, 15) is 4.79 Å². The Kier molecular flexibility index (Phi) is 6.20. The monoisotopic (exact) mass is 383 g/mol. The molecule has 1 aromatic rings. The molecule has 146 valence electrons. The molecule has 7 nitrogen and oxygen atoms in total. The van der Waals surface area contributed by atoms with Gasteiger partial charge in [0.05, 0.1) is 6.54 Å². The van der Waals surface area contributed by atoms with Crippen LogP contribution in [-0.2, 0) is 29.1 Å². The highest BCUT2D eigenvalue weighted by Crippen LogP contribution is 2.41. The summed E-state index contributed by atoms with van der Waals surface area (Å²) in [5, 5.41) is 7.75. The largest absolute Gasteiger partial charge is 0.377 e. The fraction of sp³-hybridized carbons (Fsp3) is 0.833. The minimum atomic E-state index is 0. The van der Waals surface area contributed by atoms with Crippen molar-refractivity contribution in [1.82, 2.24) is 20.1 Å². The molecule has 1 amide bonds. The summed E-state index contributed by atoms with van der Waals surface area (Å²) >= 11 is 0. The molecule has 0 saturated heterocycles. The predicted octanol–water partition coefficient (Wildman–Crippen LogP) is 1.43. The Labute approximate surface area is 160 Å². The highest BCUT2D eigenvalue weighted by molar-refractivity contribution is 5.85. The second-order valence-electron chi connectivity index (χ2n) is 8.00. The minimum absolute atomic E-state index is 0. The third-order valence-corrected chi connectivity index (χ3v) is 6.31. The molecule has 0 aromatic carbocycles. The van der Waals surface area contributed by atoms with Gasteiger partial charge in [-0.25, -0.2) is 9.67 Å². The van der Waals surface area contributed by atoms with Crippen LogP contribution in [-0.4, -0.2) is 39.9 Å². The van der Waals surface area contributed by atoms with E-state index in [1.807, 2.05) is 4.68 Å². The van der Waals surface area contributed by atoms with E-state index in [1.165, 1.54) is 19.3 Å². The number of aromatic nitrogens is 3. The topological polar surface area (TPSA) is 95.1 Å². The van der Waals surface area contributed by atoms with Crippen molar-refractivity contribution < 1.29 is 9.53 Å². The van der Waals surface area contributed by atoms with Crippen LogP contribution >= 0.6 is 12.4 Å². The molecular formula is C18H30ClN5O2. The normalized spacial score (nSPS) is 33.1. The Morgan fingerprint density at radius 3 is 2.73 bits per heavy atom. The Morgan fingerprint density at radius 1 is 1.31 bits per heavy atom. The molecule has 2 saturated carbocycles. The molecule has 3 aliphatic rings. The third kappa shape index (κ3) is 3.89. The number of rotatable bonds is 4. The Morgan fingerprint density at radius 2 is 2.04 bits per heavy atom. The molecule has 8 heteroatoms. The standard InChI is InChI=1S/C18H29N5O2.ClH/c1-25-10-15-21-16-6-5-14(9-23(16)22-15)20-18(24)13-7-11-3-2-4-12(8-13)17(11)19;/h11-14,17H,2-10,19H2,1H3,(H,20,24);1H. The third-order valence-electron chi connectivity index (χ3n) is 6.31. The summed E-state index contributed by atoms with van der Waals surface area (Å²) in [7, 11) is 1.65. The number of carbonyl (C=O) groups excluding carboxylic acids is 1. The molecule has 2 fully saturated rings. The number of nitrogens with one attached hydrogen (secondary N) is 1. The second-order valence-corrected chi connectivity index (χ2v) is 8.00. The fourth-order valence-electron chi connectivity index (χ4n) is 4.99. The molecule has 0 radical (unpaired) electrons. The maximum absolute atomic E-state index is 12.8. The van der Waals surface area contributed by atoms with Gasteiger partial charge >= 0.3 is 0 Å². The zero-order valence-electron chi connectivity index (χ0n) is 15.4. The van der Waals surface area contributed by atoms with Crippen molar-refractivity contribution in [3.63, 3.8) is 0 Å². The van der Waals surface area contributed by atoms with Gasteiger partial charge in [-0.3, -0.25) is 4.79 Å². The summed E-state index contributed by atoms with van der Waals surface area (Å²) in [5.74, 6) is 3.14. The molecule has 2 aliphatic carbocycles. The summed E-state index contributed by atoms with van der Waals surface area (Å²) in [6.07, 6.45) is 7.35. The van der Waals surface area contributed by atoms with E-state index in [0.29, 0.717) is 31.0 Å². The van der Waals surface area contributed by atoms with Crippen molar-refractivity contribution in [2.75, 3.05) is 7.11 Å². The summed E-state index contributed by atoms with van der Waals surface area (Å²) in [5.41, 5.74) is 6.35. The number of methoxy groups -OCH3 is 1. The SMILES string of the molecule is COCc1nc2n(n1)CC(NC(=O)C1CC3CCCC(C1)C3N)CC2.Cl. The lowest BCUT2D eigenvalue weighted by Gasteiger charge is -2.43. The Balaban J connectivity index is 0.00000196. The number of nitrogens with zero attached hydrogens (tertiary/aromatic N) is 3. The van der Waals surface area contributed by atoms with Crippen molar-refractivity contribution >= 4 is 18.3 Å². The van der Waals surface area contributed by atoms with E-state index in [0.717, 1.165) is 37.3 Å². The number of aryl methyl sites for hydroxylation is 1. The van der Waals surface area contributed by atoms with Crippen molar-refractivity contribution in [3.05, 3.63) is 11.6 Å². The van der Waals surface area contributed by atoms with Gasteiger partial charge in [0, 0.05) is 31.5 Å². The Bertz CT molecular complexity index is 623. The summed E-state index contributed by atoms with van der Waals surface area (Å²) in [6.45, 7) is 1.14. The first-order chi connectivity index (χ1) is 12.1. The predicted molar refractivity (Wildman–Crippen MR) is 99.8 cm³/mol. The maximum Gasteiger partial charge on any atom is 0.223 e. The van der Waals surface area contributed by atoms with Crippen LogP contribution in [0.2, 0.25) is 0 Å². The van der Waals surface area contributed by atoms with Gasteiger partial charge in [-0.1, -0.05) is 6.42 Å². The number of halogens is 1. The van der Waals surface area contributed by atoms with Crippen molar-refractivity contribution in [2.24, 2.45) is 23.5 Å². The minimum Gasteiger partial charge on any atom is -0.377 e. The Hall–Kier alpha value is -1.18. The molecule has 2 bridgehead atoms. The van der Waals surface area contributed by atoms with Gasteiger partial charge in [0.2, 0.25) is 5.91 Å². The van der Waals surface area contributed by atoms with Crippen LogP contribution in [0, 0.1) is 17.8 Å². The second kappa shape index (κ2) is 8.23. The first-order valence-electron chi connectivity index (χ1n) is 9.61. The molecule has 4 rings (SSSR count). The van der Waals surface area contributed by atoms with E-state index in [1.54, 1.807) is 7.11 Å². The molecule has 3 N–H and O–H groups in total. The molecule has 2 heterocycles. The van der Waals surface area contributed by atoms with E-state index >= 15 is 0 Å². The van der Waals surface area contributed by atoms with Crippen LogP contribution in [0.15, 0.2) is 0 Å². The summed E-state index contributed by atoms with van der Waals surface area (Å²) in [6, 6.07) is 0.455. The number of nitrogens with two attached hydrogens (primary N) is 1. The smallest absolute Gasteiger partial charge is 0.223 e. The van der Waals surface area contributed by atoms with Gasteiger partial charge in [0.1, 0.15) is 12.4 Å². The van der Waals surface area contributed by atoms with E-state index in [-0.39, 0.29) is 30.3 Å². The van der Waals surface area contributed by atoms with Crippen LogP contribution < -0.4 is 11.1 Å². The number of amides is 1. The quantitative estimate of drug-likeness (QED) is 0.820. The van der Waals surface area contributed by atoms with Crippen molar-refractivity contribution in [3.8, 4) is 0 Å². The summed E-state index contributed by atoms with van der Waals surface area (Å²) in [4.78, 5) is 17.3. The number of carbonyl (C=O) groups is 1. The molecular weight excluding hydrogens is 354 g/mol. The fourth-order valence-corrected chi connectivity index (χ4v) is 4.99. The van der Waals surface area contributed by atoms with Crippen molar-refractivity contribution in [1.29, 1.82) is 0 Å². The van der Waals surface area contributed by atoms with Gasteiger partial charge in [-0.15, -0.1) is 12.4 Å². The molecule has 3 atom stereocenters. The highest BCUT2D eigenvalue weighted by atomic mass is 35.5. The molecule has 26 heavy (non-hydrogen) atoms. The molecule has 3 unspecified atom stereocenters. The maximum atomic E-state index is 12.8. The van der Waals surface area contributed by atoms with Gasteiger partial charge in [-0.2, -0.15) is 5.10 Å². The average Bonchev–Trinajstić information content (AvgIpc) is 2.96. The van der Waals surface area contributed by atoms with Gasteiger partial charge < -0.3 is 15.8 Å². The highest BCUT2D eigenvalue weighted by Gasteiger charge is 2.41. The van der Waals surface area contributed by atoms with Crippen LogP contribution in [0.4, 0.5) is 0 Å². The van der Waals surface area contributed by atoms with Crippen molar-refractivity contribution in [2.45, 2.75) is 70.2 Å². The summed E-state index contributed by atoms with van der Waals surface area (Å²) < 4.78 is 7.03. The number of ether oxygens (including phenoxy) is 1. The first-order valence-corrected chi connectivity index (χ1v) is 9.61. The molecule has 0 spiro atoms. The van der Waals surface area contributed by atoms with Gasteiger partial charge in [0.25, 0.3) is 0 Å². The van der Waals surface area contributed by atoms with E-state index in [4.69, 9.17) is 10.5 Å². The van der Waals surface area contributed by atoms with Crippen LogP contribution in [0.1, 0.15) is 50.2 Å². The lowest BCUT2D eigenvalue weighted by atomic mass is 9.65. The lowest BCUT2D eigenvalue weighted by Crippen LogP contribution is -2.51. The van der Waals surface area contributed by atoms with Crippen LogP contribution in [0.25, 0.3) is 0 Å². The van der Waals surface area contributed by atoms with E-state index < -0.39 is 0 Å². The zero-order chi connectivity index (χ0) is 17.4. The average molecular weight is 384 g/mol. The van der Waals surface area contributed by atoms with Crippen LogP contribution in [0.5, 0.6) is 0 Å². The lowest BCUT2D eigenvalue weighted by molar-refractivity contribution is -0.128. The molecule has 1 aliphatic heterocycles. The van der Waals surface area contributed by atoms with Crippen LogP contribution in [0.3, 0.4) is 0 Å².